The molecule has 3 aromatic rings. The monoisotopic (exact) mass is 411 g/mol. The fourth-order valence-corrected chi connectivity index (χ4v) is 3.01. The van der Waals surface area contributed by atoms with Crippen LogP contribution in [0.15, 0.2) is 70.1 Å². The summed E-state index contributed by atoms with van der Waals surface area (Å²) in [7, 11) is 0. The van der Waals surface area contributed by atoms with Crippen molar-refractivity contribution >= 4 is 27.8 Å². The number of nitrogens with zero attached hydrogens (tertiary/aromatic N) is 1. The van der Waals surface area contributed by atoms with Gasteiger partial charge in [-0.1, -0.05) is 45.8 Å². The van der Waals surface area contributed by atoms with Crippen molar-refractivity contribution in [1.82, 2.24) is 0 Å². The van der Waals surface area contributed by atoms with E-state index in [2.05, 4.69) is 33.9 Å². The first-order valence-electron chi connectivity index (χ1n) is 8.29. The Morgan fingerprint density at radius 1 is 1.04 bits per heavy atom. The van der Waals surface area contributed by atoms with Gasteiger partial charge in [0, 0.05) is 16.3 Å². The lowest BCUT2D eigenvalue weighted by Crippen LogP contribution is -1.99. The summed E-state index contributed by atoms with van der Waals surface area (Å²) in [5, 5.41) is 0. The molecular formula is C22H19BrFNO. The van der Waals surface area contributed by atoms with Gasteiger partial charge >= 0.3 is 0 Å². The van der Waals surface area contributed by atoms with Gasteiger partial charge in [0.2, 0.25) is 0 Å². The molecular weight excluding hydrogens is 393 g/mol. The van der Waals surface area contributed by atoms with Crippen LogP contribution < -0.4 is 4.74 Å². The fraction of sp³-hybridized carbons (Fsp3) is 0.136. The van der Waals surface area contributed by atoms with E-state index in [4.69, 9.17) is 4.74 Å². The first-order valence-corrected chi connectivity index (χ1v) is 9.09. The number of hydrogen-bond donors (Lipinski definition) is 0. The minimum absolute atomic E-state index is 0.265. The molecule has 0 aliphatic carbocycles. The number of ether oxygens (including phenoxy) is 1. The average Bonchev–Trinajstić information content (AvgIpc) is 2.60. The molecule has 0 aromatic heterocycles. The lowest BCUT2D eigenvalue weighted by molar-refractivity contribution is 0.305. The van der Waals surface area contributed by atoms with Crippen LogP contribution in [-0.4, -0.2) is 6.21 Å². The second-order valence-corrected chi connectivity index (χ2v) is 7.06. The molecule has 0 amide bonds. The van der Waals surface area contributed by atoms with Gasteiger partial charge in [-0.25, -0.2) is 4.39 Å². The molecule has 0 saturated carbocycles. The van der Waals surface area contributed by atoms with Crippen molar-refractivity contribution in [3.63, 3.8) is 0 Å². The third-order valence-corrected chi connectivity index (χ3v) is 4.44. The lowest BCUT2D eigenvalue weighted by Gasteiger charge is -2.10. The van der Waals surface area contributed by atoms with Gasteiger partial charge < -0.3 is 4.74 Å². The highest BCUT2D eigenvalue weighted by Gasteiger charge is 2.05. The Hall–Kier alpha value is -2.46. The first-order chi connectivity index (χ1) is 12.5. The van der Waals surface area contributed by atoms with Gasteiger partial charge in [-0.3, -0.25) is 4.99 Å². The highest BCUT2D eigenvalue weighted by atomic mass is 79.9. The summed E-state index contributed by atoms with van der Waals surface area (Å²) < 4.78 is 20.2. The van der Waals surface area contributed by atoms with Crippen LogP contribution in [0.4, 0.5) is 10.1 Å². The Bertz CT molecular complexity index is 953. The number of halogens is 2. The fourth-order valence-electron chi connectivity index (χ4n) is 2.63. The molecule has 0 aliphatic rings. The maximum Gasteiger partial charge on any atom is 0.128 e. The van der Waals surface area contributed by atoms with E-state index < -0.39 is 0 Å². The van der Waals surface area contributed by atoms with Crippen molar-refractivity contribution in [3.8, 4) is 5.75 Å². The number of aryl methyl sites for hydroxylation is 2. The zero-order chi connectivity index (χ0) is 18.5. The van der Waals surface area contributed by atoms with Crippen molar-refractivity contribution in [3.05, 3.63) is 93.2 Å². The van der Waals surface area contributed by atoms with Gasteiger partial charge in [-0.15, -0.1) is 0 Å². The van der Waals surface area contributed by atoms with Crippen LogP contribution in [0.3, 0.4) is 0 Å². The lowest BCUT2D eigenvalue weighted by atomic mass is 10.1. The molecule has 132 valence electrons. The van der Waals surface area contributed by atoms with E-state index in [1.165, 1.54) is 17.7 Å². The zero-order valence-electron chi connectivity index (χ0n) is 14.7. The van der Waals surface area contributed by atoms with E-state index >= 15 is 0 Å². The van der Waals surface area contributed by atoms with Crippen LogP contribution in [0.1, 0.15) is 22.3 Å². The summed E-state index contributed by atoms with van der Waals surface area (Å²) in [5.41, 5.74) is 4.90. The smallest absolute Gasteiger partial charge is 0.128 e. The van der Waals surface area contributed by atoms with E-state index in [9.17, 15) is 4.39 Å². The molecule has 0 saturated heterocycles. The molecule has 0 unspecified atom stereocenters. The molecule has 4 heteroatoms. The summed E-state index contributed by atoms with van der Waals surface area (Å²) >= 11 is 3.49. The van der Waals surface area contributed by atoms with Gasteiger partial charge in [0.15, 0.2) is 0 Å². The second-order valence-electron chi connectivity index (χ2n) is 6.15. The summed E-state index contributed by atoms with van der Waals surface area (Å²) in [6.45, 7) is 4.40. The van der Waals surface area contributed by atoms with Crippen LogP contribution in [-0.2, 0) is 6.61 Å². The molecule has 0 atom stereocenters. The summed E-state index contributed by atoms with van der Waals surface area (Å²) in [4.78, 5) is 4.60. The Labute approximate surface area is 161 Å². The van der Waals surface area contributed by atoms with Crippen LogP contribution in [0.5, 0.6) is 5.75 Å². The molecule has 0 bridgehead atoms. The average molecular weight is 412 g/mol. The van der Waals surface area contributed by atoms with Crippen molar-refractivity contribution in [2.45, 2.75) is 20.5 Å². The maximum absolute atomic E-state index is 13.3. The molecule has 26 heavy (non-hydrogen) atoms. The van der Waals surface area contributed by atoms with Crippen LogP contribution in [0.25, 0.3) is 0 Å². The maximum atomic E-state index is 13.3. The minimum atomic E-state index is -0.265. The highest BCUT2D eigenvalue weighted by Crippen LogP contribution is 2.25. The van der Waals surface area contributed by atoms with Crippen molar-refractivity contribution in [1.29, 1.82) is 0 Å². The van der Waals surface area contributed by atoms with Crippen LogP contribution in [0.2, 0.25) is 0 Å². The molecule has 0 aliphatic heterocycles. The Morgan fingerprint density at radius 3 is 2.65 bits per heavy atom. The van der Waals surface area contributed by atoms with E-state index in [0.29, 0.717) is 12.4 Å². The van der Waals surface area contributed by atoms with E-state index in [1.54, 1.807) is 12.3 Å². The number of benzene rings is 3. The number of aliphatic imine (C=N–C) groups is 1. The van der Waals surface area contributed by atoms with Gasteiger partial charge in [-0.2, -0.15) is 0 Å². The zero-order valence-corrected chi connectivity index (χ0v) is 16.3. The largest absolute Gasteiger partial charge is 0.488 e. The quantitative estimate of drug-likeness (QED) is 0.437. The molecule has 3 rings (SSSR count). The van der Waals surface area contributed by atoms with Crippen LogP contribution in [0, 0.1) is 19.7 Å². The van der Waals surface area contributed by atoms with Crippen molar-refractivity contribution in [2.24, 2.45) is 4.99 Å². The summed E-state index contributed by atoms with van der Waals surface area (Å²) in [6.07, 6.45) is 1.79. The third-order valence-electron chi connectivity index (χ3n) is 3.95. The van der Waals surface area contributed by atoms with Gasteiger partial charge in [0.25, 0.3) is 0 Å². The summed E-state index contributed by atoms with van der Waals surface area (Å²) in [6, 6.07) is 18.3. The predicted molar refractivity (Wildman–Crippen MR) is 108 cm³/mol. The Morgan fingerprint density at radius 2 is 1.88 bits per heavy atom. The van der Waals surface area contributed by atoms with Gasteiger partial charge in [0.05, 0.1) is 5.69 Å². The predicted octanol–water partition coefficient (Wildman–Crippen LogP) is 6.53. The Balaban J connectivity index is 1.82. The van der Waals surface area contributed by atoms with Crippen LogP contribution >= 0.6 is 15.9 Å². The molecule has 3 aromatic carbocycles. The molecule has 0 radical (unpaired) electrons. The molecule has 0 N–H and O–H groups in total. The topological polar surface area (TPSA) is 21.6 Å². The van der Waals surface area contributed by atoms with E-state index in [1.807, 2.05) is 43.3 Å². The normalized spacial score (nSPS) is 11.1. The van der Waals surface area contributed by atoms with Crippen molar-refractivity contribution in [2.75, 3.05) is 0 Å². The number of rotatable bonds is 5. The molecule has 0 spiro atoms. The second kappa shape index (κ2) is 8.28. The highest BCUT2D eigenvalue weighted by molar-refractivity contribution is 9.10. The molecule has 0 fully saturated rings. The molecule has 0 heterocycles. The minimum Gasteiger partial charge on any atom is -0.488 e. The third kappa shape index (κ3) is 4.79. The SMILES string of the molecule is Cc1ccc(N=Cc2cc(Br)ccc2OCc2cccc(F)c2)c(C)c1. The first kappa shape index (κ1) is 18.3. The van der Waals surface area contributed by atoms with E-state index in [-0.39, 0.29) is 5.82 Å². The van der Waals surface area contributed by atoms with Gasteiger partial charge in [0.1, 0.15) is 18.2 Å². The Kier molecular flexibility index (Phi) is 5.84. The summed E-state index contributed by atoms with van der Waals surface area (Å²) in [5.74, 6) is 0.435. The van der Waals surface area contributed by atoms with Crippen molar-refractivity contribution < 1.29 is 9.13 Å². The number of hydrogen-bond acceptors (Lipinski definition) is 2. The molecule has 2 nitrogen and oxygen atoms in total. The van der Waals surface area contributed by atoms with Gasteiger partial charge in [-0.05, 0) is 61.4 Å². The standard InChI is InChI=1S/C22H19BrFNO/c1-15-6-8-21(16(2)10-15)25-13-18-12-19(23)7-9-22(18)26-14-17-4-3-5-20(24)11-17/h3-13H,14H2,1-2H3. The van der Waals surface area contributed by atoms with E-state index in [0.717, 1.165) is 26.9 Å².